The molecule has 0 saturated carbocycles. The van der Waals surface area contributed by atoms with Gasteiger partial charge in [0.25, 0.3) is 0 Å². The minimum Gasteiger partial charge on any atom is -0.369 e. The Labute approximate surface area is 187 Å². The fourth-order valence-electron chi connectivity index (χ4n) is 4.05. The van der Waals surface area contributed by atoms with Crippen LogP contribution in [0.5, 0.6) is 0 Å². The first-order valence-electron chi connectivity index (χ1n) is 10.6. The number of fused-ring (bicyclic) bond motifs is 3. The largest absolute Gasteiger partial charge is 0.369 e. The van der Waals surface area contributed by atoms with Crippen LogP contribution in [0.15, 0.2) is 61.7 Å². The molecule has 0 bridgehead atoms. The van der Waals surface area contributed by atoms with Gasteiger partial charge < -0.3 is 5.32 Å². The summed E-state index contributed by atoms with van der Waals surface area (Å²) < 4.78 is 0. The Hall–Kier alpha value is -4.00. The van der Waals surface area contributed by atoms with Crippen molar-refractivity contribution in [2.75, 3.05) is 24.3 Å². The van der Waals surface area contributed by atoms with Gasteiger partial charge in [-0.05, 0) is 24.6 Å². The molecule has 0 fully saturated rings. The minimum atomic E-state index is 0.226. The summed E-state index contributed by atoms with van der Waals surface area (Å²) >= 11 is 0. The molecule has 3 aromatic heterocycles. The molecule has 7 heteroatoms. The minimum absolute atomic E-state index is 0.226. The molecule has 0 aliphatic carbocycles. The fraction of sp³-hybridized carbons (Fsp3) is 0.200. The second-order valence-electron chi connectivity index (χ2n) is 8.17. The molecule has 1 aromatic carbocycles. The third-order valence-electron chi connectivity index (χ3n) is 5.90. The highest BCUT2D eigenvalue weighted by atomic mass is 15.5. The SMILES string of the molecule is C=C1c2c(cnc3c([C@H](C)CNc4cc(-c5ccc(C)nc5)ncn4)cccc23)NN1C. The van der Waals surface area contributed by atoms with E-state index >= 15 is 0 Å². The van der Waals surface area contributed by atoms with E-state index in [-0.39, 0.29) is 5.92 Å². The van der Waals surface area contributed by atoms with E-state index in [1.165, 1.54) is 5.56 Å². The number of rotatable bonds is 5. The Bertz CT molecular complexity index is 1310. The quantitative estimate of drug-likeness (QED) is 0.475. The lowest BCUT2D eigenvalue weighted by Gasteiger charge is -2.16. The Morgan fingerprint density at radius 2 is 1.97 bits per heavy atom. The van der Waals surface area contributed by atoms with Crippen LogP contribution in [0.3, 0.4) is 0 Å². The van der Waals surface area contributed by atoms with E-state index < -0.39 is 0 Å². The normalized spacial score (nSPS) is 13.7. The number of benzene rings is 1. The highest BCUT2D eigenvalue weighted by Crippen LogP contribution is 2.38. The van der Waals surface area contributed by atoms with Crippen LogP contribution >= 0.6 is 0 Å². The molecule has 2 N–H and O–H groups in total. The van der Waals surface area contributed by atoms with Gasteiger partial charge in [0, 0.05) is 54.0 Å². The van der Waals surface area contributed by atoms with Gasteiger partial charge in [-0.3, -0.25) is 20.4 Å². The average molecular weight is 424 g/mol. The maximum atomic E-state index is 4.77. The van der Waals surface area contributed by atoms with Gasteiger partial charge in [-0.1, -0.05) is 31.7 Å². The van der Waals surface area contributed by atoms with Gasteiger partial charge in [0.15, 0.2) is 0 Å². The summed E-state index contributed by atoms with van der Waals surface area (Å²) in [5, 5.41) is 6.51. The van der Waals surface area contributed by atoms with Crippen LogP contribution in [0, 0.1) is 6.92 Å². The molecule has 0 amide bonds. The molecule has 4 heterocycles. The van der Waals surface area contributed by atoms with Crippen molar-refractivity contribution in [1.82, 2.24) is 24.9 Å². The molecule has 0 radical (unpaired) electrons. The summed E-state index contributed by atoms with van der Waals surface area (Å²) in [6, 6.07) is 12.3. The Kier molecular flexibility index (Phi) is 4.93. The van der Waals surface area contributed by atoms with Crippen molar-refractivity contribution < 1.29 is 0 Å². The number of hydrogen-bond donors (Lipinski definition) is 2. The van der Waals surface area contributed by atoms with Crippen LogP contribution < -0.4 is 10.7 Å². The molecule has 160 valence electrons. The molecular weight excluding hydrogens is 398 g/mol. The van der Waals surface area contributed by atoms with Crippen molar-refractivity contribution in [3.63, 3.8) is 0 Å². The number of para-hydroxylation sites is 1. The first-order valence-corrected chi connectivity index (χ1v) is 10.6. The van der Waals surface area contributed by atoms with E-state index in [2.05, 4.69) is 57.4 Å². The fourth-order valence-corrected chi connectivity index (χ4v) is 4.05. The lowest BCUT2D eigenvalue weighted by molar-refractivity contribution is 0.601. The molecule has 1 aliphatic heterocycles. The van der Waals surface area contributed by atoms with Gasteiger partial charge in [-0.2, -0.15) is 0 Å². The van der Waals surface area contributed by atoms with E-state index in [0.717, 1.165) is 57.2 Å². The van der Waals surface area contributed by atoms with E-state index in [9.17, 15) is 0 Å². The van der Waals surface area contributed by atoms with Crippen molar-refractivity contribution in [3.05, 3.63) is 78.5 Å². The zero-order chi connectivity index (χ0) is 22.2. The van der Waals surface area contributed by atoms with Crippen LogP contribution in [-0.2, 0) is 0 Å². The van der Waals surface area contributed by atoms with Crippen LogP contribution in [0.1, 0.15) is 29.7 Å². The number of aromatic nitrogens is 4. The topological polar surface area (TPSA) is 78.9 Å². The zero-order valence-electron chi connectivity index (χ0n) is 18.4. The van der Waals surface area contributed by atoms with Crippen LogP contribution in [0.4, 0.5) is 11.5 Å². The summed E-state index contributed by atoms with van der Waals surface area (Å²) in [5.41, 5.74) is 11.4. The van der Waals surface area contributed by atoms with Crippen molar-refractivity contribution in [1.29, 1.82) is 0 Å². The summed E-state index contributed by atoms with van der Waals surface area (Å²) in [6.45, 7) is 9.11. The summed E-state index contributed by atoms with van der Waals surface area (Å²) in [6.07, 6.45) is 5.31. The number of pyridine rings is 2. The lowest BCUT2D eigenvalue weighted by Crippen LogP contribution is -2.15. The highest BCUT2D eigenvalue weighted by Gasteiger charge is 2.23. The van der Waals surface area contributed by atoms with Crippen LogP contribution in [0.25, 0.3) is 27.9 Å². The number of hydrogen-bond acceptors (Lipinski definition) is 7. The predicted octanol–water partition coefficient (Wildman–Crippen LogP) is 4.85. The summed E-state index contributed by atoms with van der Waals surface area (Å²) in [4.78, 5) is 17.9. The van der Waals surface area contributed by atoms with Crippen molar-refractivity contribution in [2.24, 2.45) is 0 Å². The molecule has 7 nitrogen and oxygen atoms in total. The predicted molar refractivity (Wildman–Crippen MR) is 129 cm³/mol. The molecule has 0 spiro atoms. The van der Waals surface area contributed by atoms with Gasteiger partial charge in [-0.15, -0.1) is 0 Å². The third-order valence-corrected chi connectivity index (χ3v) is 5.90. The average Bonchev–Trinajstić information content (AvgIpc) is 3.11. The first kappa shape index (κ1) is 19.9. The Morgan fingerprint density at radius 1 is 1.09 bits per heavy atom. The third kappa shape index (κ3) is 3.51. The maximum absolute atomic E-state index is 4.77. The highest BCUT2D eigenvalue weighted by molar-refractivity contribution is 5.99. The first-order chi connectivity index (χ1) is 15.5. The lowest BCUT2D eigenvalue weighted by atomic mass is 9.95. The van der Waals surface area contributed by atoms with Crippen molar-refractivity contribution >= 4 is 28.1 Å². The number of aryl methyl sites for hydroxylation is 1. The smallest absolute Gasteiger partial charge is 0.129 e. The Morgan fingerprint density at radius 3 is 2.78 bits per heavy atom. The summed E-state index contributed by atoms with van der Waals surface area (Å²) in [7, 11) is 1.97. The molecular formula is C25H25N7. The number of nitrogens with one attached hydrogen (secondary N) is 2. The second-order valence-corrected chi connectivity index (χ2v) is 8.17. The van der Waals surface area contributed by atoms with Gasteiger partial charge in [0.05, 0.1) is 28.8 Å². The van der Waals surface area contributed by atoms with Crippen LogP contribution in [0.2, 0.25) is 0 Å². The van der Waals surface area contributed by atoms with E-state index in [0.29, 0.717) is 0 Å². The molecule has 0 unspecified atom stereocenters. The van der Waals surface area contributed by atoms with Crippen molar-refractivity contribution in [2.45, 2.75) is 19.8 Å². The maximum Gasteiger partial charge on any atom is 0.129 e. The van der Waals surface area contributed by atoms with Gasteiger partial charge in [-0.25, -0.2) is 9.97 Å². The van der Waals surface area contributed by atoms with Gasteiger partial charge in [0.2, 0.25) is 0 Å². The zero-order valence-corrected chi connectivity index (χ0v) is 18.4. The Balaban J connectivity index is 1.38. The monoisotopic (exact) mass is 423 g/mol. The van der Waals surface area contributed by atoms with E-state index in [1.807, 2.05) is 49.6 Å². The molecule has 32 heavy (non-hydrogen) atoms. The van der Waals surface area contributed by atoms with Crippen LogP contribution in [-0.4, -0.2) is 38.5 Å². The van der Waals surface area contributed by atoms with E-state index in [4.69, 9.17) is 4.98 Å². The van der Waals surface area contributed by atoms with Crippen molar-refractivity contribution in [3.8, 4) is 11.3 Å². The van der Waals surface area contributed by atoms with E-state index in [1.54, 1.807) is 6.33 Å². The summed E-state index contributed by atoms with van der Waals surface area (Å²) in [5.74, 6) is 1.01. The van der Waals surface area contributed by atoms with Gasteiger partial charge >= 0.3 is 0 Å². The molecule has 5 rings (SSSR count). The van der Waals surface area contributed by atoms with Gasteiger partial charge in [0.1, 0.15) is 12.1 Å². The molecule has 0 saturated heterocycles. The number of hydrazine groups is 1. The molecule has 1 aliphatic rings. The molecule has 4 aromatic rings. The molecule has 1 atom stereocenters. The standard InChI is InChI=1S/C25H25N7/c1-15(11-27-23-10-21(29-14-30-23)18-9-8-16(2)26-12-18)19-6-5-7-20-24-17(3)32(4)31-22(24)13-28-25(19)20/h5-10,12-15,31H,3,11H2,1-2,4H3,(H,27,29,30)/t15-/m1/s1. The number of nitrogens with zero attached hydrogens (tertiary/aromatic N) is 5. The number of anilines is 2. The second kappa shape index (κ2) is 7.92.